The lowest BCUT2D eigenvalue weighted by Crippen LogP contribution is -2.25. The number of aromatic nitrogens is 1. The van der Waals surface area contributed by atoms with Crippen LogP contribution in [-0.2, 0) is 9.59 Å². The minimum Gasteiger partial charge on any atom is -0.473 e. The van der Waals surface area contributed by atoms with Crippen molar-refractivity contribution in [3.63, 3.8) is 0 Å². The van der Waals surface area contributed by atoms with E-state index in [1.165, 1.54) is 12.4 Å². The Morgan fingerprint density at radius 1 is 1.27 bits per heavy atom. The average Bonchev–Trinajstić information content (AvgIpc) is 2.39. The van der Waals surface area contributed by atoms with E-state index in [1.54, 1.807) is 12.1 Å². The molecule has 1 aromatic rings. The van der Waals surface area contributed by atoms with Gasteiger partial charge >= 0.3 is 11.9 Å². The SMILES string of the molecule is O=C(O)C(=O)On1cccc1. The van der Waals surface area contributed by atoms with Gasteiger partial charge in [0.25, 0.3) is 0 Å². The Kier molecular flexibility index (Phi) is 1.91. The molecule has 5 nitrogen and oxygen atoms in total. The van der Waals surface area contributed by atoms with Crippen molar-refractivity contribution in [3.8, 4) is 0 Å². The van der Waals surface area contributed by atoms with Gasteiger partial charge in [-0.1, -0.05) is 0 Å². The number of rotatable bonds is 1. The zero-order chi connectivity index (χ0) is 8.27. The number of nitrogens with zero attached hydrogens (tertiary/aromatic N) is 1. The molecule has 0 amide bonds. The Morgan fingerprint density at radius 2 is 1.82 bits per heavy atom. The van der Waals surface area contributed by atoms with Gasteiger partial charge in [-0.3, -0.25) is 0 Å². The molecule has 0 unspecified atom stereocenters. The summed E-state index contributed by atoms with van der Waals surface area (Å²) in [6.45, 7) is 0. The first-order chi connectivity index (χ1) is 5.20. The predicted octanol–water partition coefficient (Wildman–Crippen LogP) is -0.472. The fraction of sp³-hybridized carbons (Fsp3) is 0. The summed E-state index contributed by atoms with van der Waals surface area (Å²) in [5.74, 6) is -2.92. The van der Waals surface area contributed by atoms with Crippen molar-refractivity contribution in [1.82, 2.24) is 4.73 Å². The summed E-state index contributed by atoms with van der Waals surface area (Å²) < 4.78 is 1.01. The van der Waals surface area contributed by atoms with Crippen molar-refractivity contribution in [2.75, 3.05) is 0 Å². The highest BCUT2D eigenvalue weighted by Gasteiger charge is 2.13. The van der Waals surface area contributed by atoms with E-state index >= 15 is 0 Å². The second-order valence-electron chi connectivity index (χ2n) is 1.73. The Hall–Kier alpha value is -1.78. The van der Waals surface area contributed by atoms with Gasteiger partial charge in [0.2, 0.25) is 0 Å². The van der Waals surface area contributed by atoms with Gasteiger partial charge in [-0.25, -0.2) is 9.59 Å². The molecule has 1 heterocycles. The Bertz CT molecular complexity index is 264. The molecule has 1 aromatic heterocycles. The third-order valence-electron chi connectivity index (χ3n) is 0.940. The molecular weight excluding hydrogens is 150 g/mol. The molecule has 0 radical (unpaired) electrons. The molecule has 58 valence electrons. The van der Waals surface area contributed by atoms with Gasteiger partial charge in [-0.15, -0.1) is 0 Å². The molecule has 0 spiro atoms. The lowest BCUT2D eigenvalue weighted by molar-refractivity contribution is -0.164. The van der Waals surface area contributed by atoms with E-state index in [-0.39, 0.29) is 0 Å². The van der Waals surface area contributed by atoms with E-state index in [4.69, 9.17) is 5.11 Å². The minimum atomic E-state index is -1.61. The molecule has 0 saturated carbocycles. The molecule has 11 heavy (non-hydrogen) atoms. The maximum absolute atomic E-state index is 10.4. The minimum absolute atomic E-state index is 1.01. The van der Waals surface area contributed by atoms with Gasteiger partial charge in [0.1, 0.15) is 0 Å². The van der Waals surface area contributed by atoms with Crippen molar-refractivity contribution >= 4 is 11.9 Å². The first-order valence-corrected chi connectivity index (χ1v) is 2.78. The van der Waals surface area contributed by atoms with Crippen LogP contribution in [0.25, 0.3) is 0 Å². The normalized spacial score (nSPS) is 9.09. The Balaban J connectivity index is 2.57. The van der Waals surface area contributed by atoms with Gasteiger partial charge in [0.15, 0.2) is 0 Å². The number of aliphatic carboxylic acids is 1. The fourth-order valence-corrected chi connectivity index (χ4v) is 0.514. The molecule has 0 aliphatic carbocycles. The number of carboxylic acids is 1. The standard InChI is InChI=1S/C6H5NO4/c8-5(9)6(10)11-7-3-1-2-4-7/h1-4H,(H,8,9). The van der Waals surface area contributed by atoms with Crippen LogP contribution in [0.2, 0.25) is 0 Å². The zero-order valence-electron chi connectivity index (χ0n) is 5.43. The molecule has 0 aromatic carbocycles. The maximum Gasteiger partial charge on any atom is 0.441 e. The highest BCUT2D eigenvalue weighted by Crippen LogP contribution is 1.85. The Labute approximate surface area is 61.8 Å². The number of hydrogen-bond acceptors (Lipinski definition) is 3. The van der Waals surface area contributed by atoms with E-state index in [2.05, 4.69) is 4.84 Å². The van der Waals surface area contributed by atoms with E-state index in [0.717, 1.165) is 4.73 Å². The van der Waals surface area contributed by atoms with E-state index in [0.29, 0.717) is 0 Å². The van der Waals surface area contributed by atoms with Crippen LogP contribution in [0.1, 0.15) is 0 Å². The van der Waals surface area contributed by atoms with Crippen LogP contribution in [-0.4, -0.2) is 21.8 Å². The molecular formula is C6H5NO4. The van der Waals surface area contributed by atoms with Crippen LogP contribution in [0.3, 0.4) is 0 Å². The zero-order valence-corrected chi connectivity index (χ0v) is 5.43. The third kappa shape index (κ3) is 1.82. The molecule has 1 rings (SSSR count). The van der Waals surface area contributed by atoms with Crippen molar-refractivity contribution in [3.05, 3.63) is 24.5 Å². The average molecular weight is 155 g/mol. The summed E-state index contributed by atoms with van der Waals surface area (Å²) in [6.07, 6.45) is 2.84. The Morgan fingerprint density at radius 3 is 2.27 bits per heavy atom. The van der Waals surface area contributed by atoms with Gasteiger partial charge in [0, 0.05) is 12.4 Å². The van der Waals surface area contributed by atoms with E-state index in [9.17, 15) is 9.59 Å². The monoisotopic (exact) mass is 155 g/mol. The lowest BCUT2D eigenvalue weighted by Gasteiger charge is -1.98. The van der Waals surface area contributed by atoms with Crippen LogP contribution in [0.15, 0.2) is 24.5 Å². The fourth-order valence-electron chi connectivity index (χ4n) is 0.514. The summed E-state index contributed by atoms with van der Waals surface area (Å²) in [6, 6.07) is 3.21. The number of carboxylic acid groups (broad SMARTS) is 1. The van der Waals surface area contributed by atoms with Crippen LogP contribution < -0.4 is 4.84 Å². The molecule has 0 saturated heterocycles. The van der Waals surface area contributed by atoms with E-state index in [1.807, 2.05) is 0 Å². The van der Waals surface area contributed by atoms with Crippen LogP contribution in [0.4, 0.5) is 0 Å². The van der Waals surface area contributed by atoms with Gasteiger partial charge in [0.05, 0.1) is 0 Å². The number of carbonyl (C=O) groups is 2. The maximum atomic E-state index is 10.4. The second-order valence-corrected chi connectivity index (χ2v) is 1.73. The molecule has 0 bridgehead atoms. The summed E-state index contributed by atoms with van der Waals surface area (Å²) in [5.41, 5.74) is 0. The van der Waals surface area contributed by atoms with Gasteiger partial charge in [-0.2, -0.15) is 4.73 Å². The second kappa shape index (κ2) is 2.87. The molecule has 5 heteroatoms. The number of hydrogen-bond donors (Lipinski definition) is 1. The van der Waals surface area contributed by atoms with Crippen molar-refractivity contribution in [2.45, 2.75) is 0 Å². The third-order valence-corrected chi connectivity index (χ3v) is 0.940. The van der Waals surface area contributed by atoms with Gasteiger partial charge in [-0.05, 0) is 12.1 Å². The topological polar surface area (TPSA) is 68.5 Å². The molecule has 1 N–H and O–H groups in total. The highest BCUT2D eigenvalue weighted by atomic mass is 16.7. The molecule has 0 fully saturated rings. The molecule has 0 aliphatic heterocycles. The summed E-state index contributed by atoms with van der Waals surface area (Å²) in [5, 5.41) is 8.09. The van der Waals surface area contributed by atoms with Crippen LogP contribution >= 0.6 is 0 Å². The first-order valence-electron chi connectivity index (χ1n) is 2.78. The highest BCUT2D eigenvalue weighted by molar-refractivity contribution is 6.28. The molecule has 0 aliphatic rings. The van der Waals surface area contributed by atoms with Gasteiger partial charge < -0.3 is 9.94 Å². The van der Waals surface area contributed by atoms with E-state index < -0.39 is 11.9 Å². The smallest absolute Gasteiger partial charge is 0.441 e. The van der Waals surface area contributed by atoms with Crippen LogP contribution in [0, 0.1) is 0 Å². The van der Waals surface area contributed by atoms with Crippen molar-refractivity contribution in [2.24, 2.45) is 0 Å². The summed E-state index contributed by atoms with van der Waals surface area (Å²) in [7, 11) is 0. The lowest BCUT2D eigenvalue weighted by atomic mass is 10.7. The van der Waals surface area contributed by atoms with Crippen molar-refractivity contribution < 1.29 is 19.5 Å². The predicted molar refractivity (Wildman–Crippen MR) is 33.7 cm³/mol. The quantitative estimate of drug-likeness (QED) is 0.556. The summed E-state index contributed by atoms with van der Waals surface area (Å²) in [4.78, 5) is 24.6. The van der Waals surface area contributed by atoms with Crippen molar-refractivity contribution in [1.29, 1.82) is 0 Å². The first kappa shape index (κ1) is 7.33. The molecule has 0 atom stereocenters. The van der Waals surface area contributed by atoms with Crippen LogP contribution in [0.5, 0.6) is 0 Å². The largest absolute Gasteiger partial charge is 0.473 e. The summed E-state index contributed by atoms with van der Waals surface area (Å²) >= 11 is 0. The number of carbonyl (C=O) groups excluding carboxylic acids is 1.